The fourth-order valence-corrected chi connectivity index (χ4v) is 3.93. The highest BCUT2D eigenvalue weighted by molar-refractivity contribution is 7.89. The molecule has 0 radical (unpaired) electrons. The third kappa shape index (κ3) is 4.34. The lowest BCUT2D eigenvalue weighted by Gasteiger charge is -2.18. The fraction of sp³-hybridized carbons (Fsp3) is 0.294. The van der Waals surface area contributed by atoms with Gasteiger partial charge in [0.05, 0.1) is 9.82 Å². The summed E-state index contributed by atoms with van der Waals surface area (Å²) < 4.78 is 26.3. The van der Waals surface area contributed by atoms with Crippen LogP contribution >= 0.6 is 0 Å². The van der Waals surface area contributed by atoms with E-state index >= 15 is 0 Å². The van der Waals surface area contributed by atoms with Crippen molar-refractivity contribution in [3.63, 3.8) is 0 Å². The molecule has 0 aliphatic heterocycles. The summed E-state index contributed by atoms with van der Waals surface area (Å²) in [6, 6.07) is 12.9. The van der Waals surface area contributed by atoms with Gasteiger partial charge < -0.3 is 5.32 Å². The minimum Gasteiger partial charge on any atom is -0.375 e. The lowest BCUT2D eigenvalue weighted by molar-refractivity contribution is -0.384. The van der Waals surface area contributed by atoms with E-state index in [0.29, 0.717) is 25.3 Å². The number of nitrogens with one attached hydrogen (secondary N) is 1. The lowest BCUT2D eigenvalue weighted by atomic mass is 10.2. The van der Waals surface area contributed by atoms with Gasteiger partial charge in [-0.1, -0.05) is 38.1 Å². The summed E-state index contributed by atoms with van der Waals surface area (Å²) in [6.45, 7) is 4.79. The first-order valence-electron chi connectivity index (χ1n) is 7.96. The molecule has 0 heterocycles. The highest BCUT2D eigenvalue weighted by Gasteiger charge is 2.21. The molecule has 7 nitrogen and oxygen atoms in total. The van der Waals surface area contributed by atoms with E-state index in [4.69, 9.17) is 0 Å². The van der Waals surface area contributed by atoms with Gasteiger partial charge in [0.2, 0.25) is 10.0 Å². The lowest BCUT2D eigenvalue weighted by Crippen LogP contribution is -2.30. The number of sulfonamides is 1. The quantitative estimate of drug-likeness (QED) is 0.574. The van der Waals surface area contributed by atoms with E-state index in [0.717, 1.165) is 5.56 Å². The van der Waals surface area contributed by atoms with E-state index in [1.54, 1.807) is 56.3 Å². The first-order valence-corrected chi connectivity index (χ1v) is 9.40. The number of hydrogen-bond donors (Lipinski definition) is 1. The van der Waals surface area contributed by atoms with Gasteiger partial charge in [-0.25, -0.2) is 8.42 Å². The number of hydrogen-bond acceptors (Lipinski definition) is 5. The van der Waals surface area contributed by atoms with Gasteiger partial charge in [0.25, 0.3) is 5.69 Å². The second kappa shape index (κ2) is 8.09. The first-order chi connectivity index (χ1) is 11.9. The van der Waals surface area contributed by atoms with E-state index in [1.165, 1.54) is 10.4 Å². The van der Waals surface area contributed by atoms with E-state index in [2.05, 4.69) is 5.32 Å². The van der Waals surface area contributed by atoms with Crippen LogP contribution in [0, 0.1) is 10.1 Å². The molecule has 0 bridgehead atoms. The monoisotopic (exact) mass is 363 g/mol. The second-order valence-electron chi connectivity index (χ2n) is 5.36. The third-order valence-corrected chi connectivity index (χ3v) is 5.91. The van der Waals surface area contributed by atoms with Crippen LogP contribution in [0.3, 0.4) is 0 Å². The molecule has 8 heteroatoms. The van der Waals surface area contributed by atoms with Crippen LogP contribution in [0.4, 0.5) is 11.4 Å². The standard InChI is InChI=1S/C17H21N3O4S/c1-3-19(4-2)25(23,24)15-11-9-14(10-12-15)13-18-16-7-5-6-8-17(16)20(21)22/h5-12,18H,3-4,13H2,1-2H3. The molecular weight excluding hydrogens is 342 g/mol. The summed E-state index contributed by atoms with van der Waals surface area (Å²) in [7, 11) is -3.48. The van der Waals surface area contributed by atoms with Crippen LogP contribution in [-0.2, 0) is 16.6 Å². The average molecular weight is 363 g/mol. The van der Waals surface area contributed by atoms with Crippen molar-refractivity contribution in [2.45, 2.75) is 25.3 Å². The van der Waals surface area contributed by atoms with Gasteiger partial charge >= 0.3 is 0 Å². The number of anilines is 1. The van der Waals surface area contributed by atoms with E-state index in [9.17, 15) is 18.5 Å². The molecule has 0 atom stereocenters. The molecule has 0 fully saturated rings. The number of nitro groups is 1. The summed E-state index contributed by atoms with van der Waals surface area (Å²) in [6.07, 6.45) is 0. The van der Waals surface area contributed by atoms with Gasteiger partial charge in [-0.05, 0) is 23.8 Å². The summed E-state index contributed by atoms with van der Waals surface area (Å²) in [5.41, 5.74) is 1.26. The molecule has 0 spiro atoms. The maximum atomic E-state index is 12.4. The van der Waals surface area contributed by atoms with Crippen molar-refractivity contribution in [2.75, 3.05) is 18.4 Å². The molecule has 0 saturated carbocycles. The molecule has 2 rings (SSSR count). The number of para-hydroxylation sites is 2. The minimum absolute atomic E-state index is 0.00299. The Kier molecular flexibility index (Phi) is 6.11. The Morgan fingerprint density at radius 1 is 1.04 bits per heavy atom. The molecule has 25 heavy (non-hydrogen) atoms. The van der Waals surface area contributed by atoms with Crippen molar-refractivity contribution in [3.8, 4) is 0 Å². The normalized spacial score (nSPS) is 11.5. The SMILES string of the molecule is CCN(CC)S(=O)(=O)c1ccc(CNc2ccccc2[N+](=O)[O-])cc1. The molecule has 1 N–H and O–H groups in total. The van der Waals surface area contributed by atoms with E-state index in [1.807, 2.05) is 0 Å². The Hall–Kier alpha value is -2.45. The number of benzene rings is 2. The predicted molar refractivity (Wildman–Crippen MR) is 97.0 cm³/mol. The molecule has 2 aromatic carbocycles. The Labute approximate surface area is 147 Å². The summed E-state index contributed by atoms with van der Waals surface area (Å²) in [5, 5.41) is 14.0. The molecule has 0 aliphatic carbocycles. The zero-order valence-electron chi connectivity index (χ0n) is 14.2. The third-order valence-electron chi connectivity index (χ3n) is 3.85. The maximum absolute atomic E-state index is 12.4. The van der Waals surface area contributed by atoms with E-state index < -0.39 is 14.9 Å². The van der Waals surface area contributed by atoms with Gasteiger partial charge in [-0.2, -0.15) is 4.31 Å². The van der Waals surface area contributed by atoms with Crippen molar-refractivity contribution < 1.29 is 13.3 Å². The van der Waals surface area contributed by atoms with Crippen molar-refractivity contribution in [1.82, 2.24) is 4.31 Å². The summed E-state index contributed by atoms with van der Waals surface area (Å²) in [5.74, 6) is 0. The highest BCUT2D eigenvalue weighted by atomic mass is 32.2. The molecule has 0 saturated heterocycles. The topological polar surface area (TPSA) is 92.6 Å². The predicted octanol–water partition coefficient (Wildman–Crippen LogP) is 3.24. The summed E-state index contributed by atoms with van der Waals surface area (Å²) >= 11 is 0. The Bertz CT molecular complexity index is 831. The smallest absolute Gasteiger partial charge is 0.292 e. The van der Waals surface area contributed by atoms with Gasteiger partial charge in [0, 0.05) is 25.7 Å². The average Bonchev–Trinajstić information content (AvgIpc) is 2.61. The Balaban J connectivity index is 2.13. The van der Waals surface area contributed by atoms with Gasteiger partial charge in [-0.3, -0.25) is 10.1 Å². The van der Waals surface area contributed by atoms with Crippen molar-refractivity contribution in [1.29, 1.82) is 0 Å². The van der Waals surface area contributed by atoms with Crippen molar-refractivity contribution in [2.24, 2.45) is 0 Å². The van der Waals surface area contributed by atoms with Crippen LogP contribution in [0.25, 0.3) is 0 Å². The van der Waals surface area contributed by atoms with Crippen molar-refractivity contribution >= 4 is 21.4 Å². The van der Waals surface area contributed by atoms with Crippen LogP contribution in [0.5, 0.6) is 0 Å². The van der Waals surface area contributed by atoms with E-state index in [-0.39, 0.29) is 10.6 Å². The van der Waals surface area contributed by atoms with Crippen LogP contribution in [-0.4, -0.2) is 30.7 Å². The molecule has 0 amide bonds. The van der Waals surface area contributed by atoms with Gasteiger partial charge in [0.15, 0.2) is 0 Å². The molecule has 0 aromatic heterocycles. The first kappa shape index (κ1) is 18.9. The van der Waals surface area contributed by atoms with Crippen LogP contribution in [0.1, 0.15) is 19.4 Å². The molecule has 134 valence electrons. The Morgan fingerprint density at radius 2 is 1.64 bits per heavy atom. The molecule has 0 aliphatic rings. The largest absolute Gasteiger partial charge is 0.375 e. The number of rotatable bonds is 8. The zero-order chi connectivity index (χ0) is 18.4. The zero-order valence-corrected chi connectivity index (χ0v) is 15.0. The van der Waals surface area contributed by atoms with Crippen LogP contribution < -0.4 is 5.32 Å². The Morgan fingerprint density at radius 3 is 2.20 bits per heavy atom. The number of nitro benzene ring substituents is 1. The fourth-order valence-electron chi connectivity index (χ4n) is 2.47. The van der Waals surface area contributed by atoms with Crippen molar-refractivity contribution in [3.05, 3.63) is 64.2 Å². The maximum Gasteiger partial charge on any atom is 0.292 e. The van der Waals surface area contributed by atoms with Gasteiger partial charge in [0.1, 0.15) is 5.69 Å². The molecule has 2 aromatic rings. The minimum atomic E-state index is -3.48. The van der Waals surface area contributed by atoms with Gasteiger partial charge in [-0.15, -0.1) is 0 Å². The molecular formula is C17H21N3O4S. The number of nitrogens with zero attached hydrogens (tertiary/aromatic N) is 2. The van der Waals surface area contributed by atoms with Crippen LogP contribution in [0.15, 0.2) is 53.4 Å². The van der Waals surface area contributed by atoms with Crippen LogP contribution in [0.2, 0.25) is 0 Å². The second-order valence-corrected chi connectivity index (χ2v) is 7.30. The molecule has 0 unspecified atom stereocenters. The highest BCUT2D eigenvalue weighted by Crippen LogP contribution is 2.24. The summed E-state index contributed by atoms with van der Waals surface area (Å²) in [4.78, 5) is 10.8.